The highest BCUT2D eigenvalue weighted by atomic mass is 35.5. The fourth-order valence-corrected chi connectivity index (χ4v) is 5.27. The summed E-state index contributed by atoms with van der Waals surface area (Å²) < 4.78 is 0. The molecular weight excluding hydrogens is 376 g/mol. The van der Waals surface area contributed by atoms with Gasteiger partial charge >= 0.3 is 6.09 Å². The van der Waals surface area contributed by atoms with Gasteiger partial charge in [0.25, 0.3) is 0 Å². The Morgan fingerprint density at radius 3 is 2.54 bits per heavy atom. The fraction of sp³-hybridized carbons (Fsp3) is 0.762. The van der Waals surface area contributed by atoms with Gasteiger partial charge in [-0.3, -0.25) is 0 Å². The van der Waals surface area contributed by atoms with Crippen molar-refractivity contribution in [2.45, 2.75) is 78.3 Å². The third-order valence-electron chi connectivity index (χ3n) is 6.94. The number of piperidine rings is 1. The summed E-state index contributed by atoms with van der Waals surface area (Å²) >= 11 is 6.01. The molecule has 1 amide bonds. The van der Waals surface area contributed by atoms with Gasteiger partial charge in [-0.25, -0.2) is 14.8 Å². The van der Waals surface area contributed by atoms with Crippen LogP contribution in [0.3, 0.4) is 0 Å². The van der Waals surface area contributed by atoms with Crippen LogP contribution in [0.1, 0.15) is 64.9 Å². The number of likely N-dealkylation sites (tertiary alicyclic amines) is 1. The summed E-state index contributed by atoms with van der Waals surface area (Å²) in [5, 5.41) is 9.93. The zero-order valence-electron chi connectivity index (χ0n) is 17.7. The molecule has 1 saturated carbocycles. The average Bonchev–Trinajstić information content (AvgIpc) is 2.63. The summed E-state index contributed by atoms with van der Waals surface area (Å²) in [7, 11) is 2.10. The minimum atomic E-state index is -0.778. The Balaban J connectivity index is 1.70. The summed E-state index contributed by atoms with van der Waals surface area (Å²) in [5.41, 5.74) is 1.25. The van der Waals surface area contributed by atoms with Crippen LogP contribution in [0, 0.1) is 17.8 Å². The topological polar surface area (TPSA) is 69.6 Å². The van der Waals surface area contributed by atoms with Crippen molar-refractivity contribution < 1.29 is 9.90 Å². The molecular formula is C21H33ClN4O2. The normalized spacial score (nSPS) is 28.4. The number of anilines is 1. The highest BCUT2D eigenvalue weighted by molar-refractivity contribution is 6.28. The first kappa shape index (κ1) is 21.2. The molecule has 28 heavy (non-hydrogen) atoms. The zero-order valence-corrected chi connectivity index (χ0v) is 18.5. The Kier molecular flexibility index (Phi) is 5.81. The highest BCUT2D eigenvalue weighted by Crippen LogP contribution is 2.50. The van der Waals surface area contributed by atoms with Crippen LogP contribution in [0.5, 0.6) is 0 Å². The van der Waals surface area contributed by atoms with Gasteiger partial charge in [0.15, 0.2) is 0 Å². The molecule has 2 fully saturated rings. The molecule has 1 saturated heterocycles. The SMILES string of the molecule is Cc1cnc(Cl)nc1N(C)C1CCC2(CC1)CCN(C(=O)O)C(C(C)(C)C)C2. The van der Waals surface area contributed by atoms with E-state index >= 15 is 0 Å². The molecule has 1 aliphatic carbocycles. The van der Waals surface area contributed by atoms with Crippen molar-refractivity contribution in [3.63, 3.8) is 0 Å². The molecule has 1 unspecified atom stereocenters. The van der Waals surface area contributed by atoms with E-state index < -0.39 is 6.09 Å². The van der Waals surface area contributed by atoms with E-state index in [0.717, 1.165) is 49.9 Å². The van der Waals surface area contributed by atoms with Crippen LogP contribution in [0.15, 0.2) is 6.20 Å². The Bertz CT molecular complexity index is 726. The first-order chi connectivity index (χ1) is 13.0. The largest absolute Gasteiger partial charge is 0.465 e. The first-order valence-corrected chi connectivity index (χ1v) is 10.6. The quantitative estimate of drug-likeness (QED) is 0.698. The van der Waals surface area contributed by atoms with Gasteiger partial charge in [0.1, 0.15) is 5.82 Å². The van der Waals surface area contributed by atoms with E-state index in [1.165, 1.54) is 0 Å². The predicted octanol–water partition coefficient (Wildman–Crippen LogP) is 4.99. The zero-order chi connectivity index (χ0) is 20.7. The molecule has 6 nitrogen and oxygen atoms in total. The van der Waals surface area contributed by atoms with Crippen molar-refractivity contribution in [2.24, 2.45) is 10.8 Å². The van der Waals surface area contributed by atoms with Gasteiger partial charge in [-0.05, 0) is 67.9 Å². The fourth-order valence-electron chi connectivity index (χ4n) is 5.14. The summed E-state index contributed by atoms with van der Waals surface area (Å²) in [6.07, 6.45) is 7.42. The van der Waals surface area contributed by atoms with Crippen LogP contribution >= 0.6 is 11.6 Å². The monoisotopic (exact) mass is 408 g/mol. The number of rotatable bonds is 2. The number of hydrogen-bond acceptors (Lipinski definition) is 4. The second-order valence-corrected chi connectivity index (χ2v) is 10.1. The van der Waals surface area contributed by atoms with Crippen LogP contribution in [-0.2, 0) is 0 Å². The van der Waals surface area contributed by atoms with Gasteiger partial charge in [-0.15, -0.1) is 0 Å². The lowest BCUT2D eigenvalue weighted by molar-refractivity contribution is -0.0144. The van der Waals surface area contributed by atoms with E-state index in [9.17, 15) is 9.90 Å². The van der Waals surface area contributed by atoms with Crippen molar-refractivity contribution in [3.05, 3.63) is 17.0 Å². The van der Waals surface area contributed by atoms with E-state index in [1.54, 1.807) is 11.1 Å². The minimum absolute atomic E-state index is 0.0474. The van der Waals surface area contributed by atoms with Crippen molar-refractivity contribution in [1.82, 2.24) is 14.9 Å². The summed E-state index contributed by atoms with van der Waals surface area (Å²) in [6.45, 7) is 9.15. The summed E-state index contributed by atoms with van der Waals surface area (Å²) in [4.78, 5) is 24.2. The number of aromatic nitrogens is 2. The van der Waals surface area contributed by atoms with Gasteiger partial charge in [0.2, 0.25) is 5.28 Å². The standard InChI is InChI=1S/C21H33ClN4O2/c1-14-13-23-18(22)24-17(14)25(5)15-6-8-21(9-7-15)10-11-26(19(27)28)16(12-21)20(2,3)4/h13,15-16H,6-12H2,1-5H3,(H,27,28). The van der Waals surface area contributed by atoms with E-state index in [0.29, 0.717) is 12.6 Å². The van der Waals surface area contributed by atoms with Crippen LogP contribution < -0.4 is 4.90 Å². The molecule has 1 atom stereocenters. The van der Waals surface area contributed by atoms with E-state index in [2.05, 4.69) is 42.7 Å². The van der Waals surface area contributed by atoms with Gasteiger partial charge in [0.05, 0.1) is 0 Å². The van der Waals surface area contributed by atoms with Crippen LogP contribution in [0.25, 0.3) is 0 Å². The molecule has 2 heterocycles. The maximum atomic E-state index is 11.7. The van der Waals surface area contributed by atoms with Gasteiger partial charge in [-0.1, -0.05) is 20.8 Å². The summed E-state index contributed by atoms with van der Waals surface area (Å²) in [5.74, 6) is 0.911. The number of carbonyl (C=O) groups is 1. The van der Waals surface area contributed by atoms with Gasteiger partial charge in [-0.2, -0.15) is 0 Å². The molecule has 0 bridgehead atoms. The number of aryl methyl sites for hydroxylation is 1. The molecule has 7 heteroatoms. The maximum absolute atomic E-state index is 11.7. The molecule has 1 aliphatic heterocycles. The number of carboxylic acid groups (broad SMARTS) is 1. The molecule has 1 spiro atoms. The van der Waals surface area contributed by atoms with Crippen molar-refractivity contribution in [3.8, 4) is 0 Å². The third-order valence-corrected chi connectivity index (χ3v) is 7.13. The average molecular weight is 409 g/mol. The van der Waals surface area contributed by atoms with Gasteiger partial charge in [0, 0.05) is 37.4 Å². The molecule has 1 aromatic rings. The van der Waals surface area contributed by atoms with Crippen molar-refractivity contribution in [2.75, 3.05) is 18.5 Å². The molecule has 0 aromatic carbocycles. The van der Waals surface area contributed by atoms with E-state index in [-0.39, 0.29) is 22.2 Å². The lowest BCUT2D eigenvalue weighted by atomic mass is 9.62. The number of amides is 1. The lowest BCUT2D eigenvalue weighted by Gasteiger charge is -2.53. The van der Waals surface area contributed by atoms with E-state index in [1.807, 2.05) is 6.92 Å². The van der Waals surface area contributed by atoms with Crippen LogP contribution in [0.4, 0.5) is 10.6 Å². The Hall–Kier alpha value is -1.56. The number of hydrogen-bond donors (Lipinski definition) is 1. The van der Waals surface area contributed by atoms with Crippen LogP contribution in [0.2, 0.25) is 5.28 Å². The molecule has 156 valence electrons. The Morgan fingerprint density at radius 1 is 1.32 bits per heavy atom. The molecule has 1 aromatic heterocycles. The van der Waals surface area contributed by atoms with Crippen molar-refractivity contribution in [1.29, 1.82) is 0 Å². The molecule has 3 rings (SSSR count). The second-order valence-electron chi connectivity index (χ2n) is 9.80. The highest BCUT2D eigenvalue weighted by Gasteiger charge is 2.47. The van der Waals surface area contributed by atoms with E-state index in [4.69, 9.17) is 11.6 Å². The Morgan fingerprint density at radius 2 is 1.96 bits per heavy atom. The maximum Gasteiger partial charge on any atom is 0.407 e. The summed E-state index contributed by atoms with van der Waals surface area (Å²) in [6, 6.07) is 0.511. The molecule has 0 radical (unpaired) electrons. The second kappa shape index (κ2) is 7.69. The predicted molar refractivity (Wildman–Crippen MR) is 112 cm³/mol. The minimum Gasteiger partial charge on any atom is -0.465 e. The Labute approximate surface area is 173 Å². The smallest absolute Gasteiger partial charge is 0.407 e. The third kappa shape index (κ3) is 4.22. The van der Waals surface area contributed by atoms with Crippen molar-refractivity contribution >= 4 is 23.5 Å². The number of halogens is 1. The molecule has 1 N–H and O–H groups in total. The first-order valence-electron chi connectivity index (χ1n) is 10.2. The number of nitrogens with zero attached hydrogens (tertiary/aromatic N) is 4. The molecule has 2 aliphatic rings. The van der Waals surface area contributed by atoms with Crippen LogP contribution in [-0.4, -0.2) is 51.7 Å². The lowest BCUT2D eigenvalue weighted by Crippen LogP contribution is -2.55. The van der Waals surface area contributed by atoms with Gasteiger partial charge < -0.3 is 14.9 Å².